The first kappa shape index (κ1) is 22.4. The lowest BCUT2D eigenvalue weighted by molar-refractivity contribution is 0.396. The summed E-state index contributed by atoms with van der Waals surface area (Å²) in [4.78, 5) is 32.8. The number of rotatable bonds is 7. The molecule has 0 aliphatic rings. The molecule has 170 valence electrons. The van der Waals surface area contributed by atoms with Gasteiger partial charge in [-0.25, -0.2) is 37.2 Å². The van der Waals surface area contributed by atoms with Crippen molar-refractivity contribution in [1.82, 2.24) is 19.3 Å². The summed E-state index contributed by atoms with van der Waals surface area (Å²) in [5.74, 6) is -4.85. The summed E-state index contributed by atoms with van der Waals surface area (Å²) in [7, 11) is 1.61. The molecule has 13 heteroatoms. The minimum absolute atomic E-state index is 0.0241. The lowest BCUT2D eigenvalue weighted by atomic mass is 10.2. The SMILES string of the molecule is CNSNc1nccc(Cn2c(=O)oc3cc(Oc4ncccc4F)c(F)cc3c2=O)c1F. The number of nitrogens with zero attached hydrogens (tertiary/aromatic N) is 3. The second-order valence-electron chi connectivity index (χ2n) is 6.47. The zero-order valence-electron chi connectivity index (χ0n) is 16.8. The fraction of sp³-hybridized carbons (Fsp3) is 0.100. The van der Waals surface area contributed by atoms with E-state index < -0.39 is 46.9 Å². The Morgan fingerprint density at radius 2 is 1.94 bits per heavy atom. The molecule has 0 unspecified atom stereocenters. The molecule has 0 amide bonds. The van der Waals surface area contributed by atoms with Gasteiger partial charge in [-0.2, -0.15) is 0 Å². The molecule has 0 radical (unpaired) electrons. The van der Waals surface area contributed by atoms with Crippen LogP contribution in [0.15, 0.2) is 56.7 Å². The first-order valence-electron chi connectivity index (χ1n) is 9.26. The highest BCUT2D eigenvalue weighted by Gasteiger charge is 2.18. The van der Waals surface area contributed by atoms with Crippen molar-refractivity contribution in [2.75, 3.05) is 11.8 Å². The van der Waals surface area contributed by atoms with Gasteiger partial charge < -0.3 is 9.15 Å². The summed E-state index contributed by atoms with van der Waals surface area (Å²) in [6.45, 7) is -0.483. The van der Waals surface area contributed by atoms with Crippen molar-refractivity contribution in [3.63, 3.8) is 0 Å². The monoisotopic (exact) mass is 477 g/mol. The molecular formula is C20H14F3N5O4S. The lowest BCUT2D eigenvalue weighted by Gasteiger charge is -2.11. The van der Waals surface area contributed by atoms with Crippen molar-refractivity contribution in [1.29, 1.82) is 0 Å². The molecule has 0 spiro atoms. The summed E-state index contributed by atoms with van der Waals surface area (Å²) in [6.07, 6.45) is 2.54. The molecule has 3 aromatic heterocycles. The van der Waals surface area contributed by atoms with Crippen LogP contribution in [0.2, 0.25) is 0 Å². The van der Waals surface area contributed by atoms with Gasteiger partial charge in [0.1, 0.15) is 5.58 Å². The molecule has 2 N–H and O–H groups in total. The maximum Gasteiger partial charge on any atom is 0.422 e. The molecule has 9 nitrogen and oxygen atoms in total. The van der Waals surface area contributed by atoms with Crippen LogP contribution in [0, 0.1) is 17.5 Å². The van der Waals surface area contributed by atoms with Gasteiger partial charge in [0.2, 0.25) is 0 Å². The van der Waals surface area contributed by atoms with Crippen molar-refractivity contribution in [3.05, 3.63) is 86.6 Å². The first-order chi connectivity index (χ1) is 15.9. The number of benzene rings is 1. The number of pyridine rings is 2. The molecule has 0 aliphatic heterocycles. The minimum atomic E-state index is -1.11. The second-order valence-corrected chi connectivity index (χ2v) is 7.29. The smallest absolute Gasteiger partial charge is 0.422 e. The average molecular weight is 477 g/mol. The lowest BCUT2D eigenvalue weighted by Crippen LogP contribution is -2.33. The first-order valence-corrected chi connectivity index (χ1v) is 10.1. The highest BCUT2D eigenvalue weighted by molar-refractivity contribution is 7.98. The Morgan fingerprint density at radius 1 is 1.12 bits per heavy atom. The van der Waals surface area contributed by atoms with E-state index in [-0.39, 0.29) is 22.4 Å². The molecule has 0 atom stereocenters. The quantitative estimate of drug-likeness (QED) is 0.388. The molecule has 0 saturated carbocycles. The molecule has 4 rings (SSSR count). The second kappa shape index (κ2) is 9.34. The van der Waals surface area contributed by atoms with Crippen molar-refractivity contribution in [2.24, 2.45) is 0 Å². The third-order valence-corrected chi connectivity index (χ3v) is 4.91. The maximum absolute atomic E-state index is 14.7. The number of hydrogen-bond acceptors (Lipinski definition) is 9. The van der Waals surface area contributed by atoms with E-state index in [0.29, 0.717) is 4.57 Å². The van der Waals surface area contributed by atoms with Crippen LogP contribution in [-0.4, -0.2) is 21.6 Å². The Labute approximate surface area is 187 Å². The Hall–Kier alpha value is -3.84. The largest absolute Gasteiger partial charge is 0.433 e. The van der Waals surface area contributed by atoms with Gasteiger partial charge in [0, 0.05) is 36.2 Å². The van der Waals surface area contributed by atoms with Gasteiger partial charge in [-0.05, 0) is 31.3 Å². The molecule has 33 heavy (non-hydrogen) atoms. The van der Waals surface area contributed by atoms with Crippen LogP contribution < -0.4 is 25.5 Å². The minimum Gasteiger partial charge on any atom is -0.433 e. The summed E-state index contributed by atoms with van der Waals surface area (Å²) >= 11 is 0.970. The number of halogens is 3. The zero-order chi connectivity index (χ0) is 23.5. The van der Waals surface area contributed by atoms with Crippen LogP contribution in [0.1, 0.15) is 5.56 Å². The number of anilines is 1. The van der Waals surface area contributed by atoms with Crippen LogP contribution in [0.25, 0.3) is 11.0 Å². The van der Waals surface area contributed by atoms with E-state index in [1.54, 1.807) is 7.05 Å². The van der Waals surface area contributed by atoms with Gasteiger partial charge in [-0.3, -0.25) is 9.52 Å². The van der Waals surface area contributed by atoms with Gasteiger partial charge in [0.05, 0.1) is 11.9 Å². The predicted molar refractivity (Wildman–Crippen MR) is 115 cm³/mol. The van der Waals surface area contributed by atoms with Gasteiger partial charge in [0.25, 0.3) is 11.4 Å². The molecule has 0 saturated heterocycles. The van der Waals surface area contributed by atoms with Gasteiger partial charge in [-0.15, -0.1) is 0 Å². The van der Waals surface area contributed by atoms with E-state index in [4.69, 9.17) is 9.15 Å². The van der Waals surface area contributed by atoms with Gasteiger partial charge in [-0.1, -0.05) is 0 Å². The van der Waals surface area contributed by atoms with Crippen LogP contribution in [0.5, 0.6) is 11.6 Å². The zero-order valence-corrected chi connectivity index (χ0v) is 17.6. The van der Waals surface area contributed by atoms with Gasteiger partial charge in [0.15, 0.2) is 29.0 Å². The summed E-state index contributed by atoms with van der Waals surface area (Å²) in [5, 5.41) is -0.292. The predicted octanol–water partition coefficient (Wildman–Crippen LogP) is 3.20. The summed E-state index contributed by atoms with van der Waals surface area (Å²) in [5.41, 5.74) is -1.23. The van der Waals surface area contributed by atoms with E-state index in [1.807, 2.05) is 0 Å². The Kier molecular flexibility index (Phi) is 6.33. The molecule has 4 aromatic rings. The number of fused-ring (bicyclic) bond motifs is 1. The van der Waals surface area contributed by atoms with E-state index in [2.05, 4.69) is 19.4 Å². The van der Waals surface area contributed by atoms with Crippen LogP contribution in [0.4, 0.5) is 19.0 Å². The normalized spacial score (nSPS) is 11.0. The van der Waals surface area contributed by atoms with Crippen molar-refractivity contribution in [3.8, 4) is 11.6 Å². The van der Waals surface area contributed by atoms with Crippen molar-refractivity contribution in [2.45, 2.75) is 6.54 Å². The standard InChI is InChI=1S/C20H14F3N5O4S/c1-24-33-27-17-16(23)10(4-6-25-17)9-28-19(29)11-7-13(22)15(8-14(11)32-20(28)30)31-18-12(21)3-2-5-26-18/h2-8,24H,9H2,1H3,(H,25,27). The Bertz CT molecular complexity index is 1460. The van der Waals surface area contributed by atoms with E-state index in [0.717, 1.165) is 30.3 Å². The third-order valence-electron chi connectivity index (χ3n) is 4.41. The molecule has 0 fully saturated rings. The number of aromatic nitrogens is 3. The van der Waals surface area contributed by atoms with E-state index >= 15 is 0 Å². The number of nitrogens with one attached hydrogen (secondary N) is 2. The number of ether oxygens (including phenoxy) is 1. The fourth-order valence-electron chi connectivity index (χ4n) is 2.88. The van der Waals surface area contributed by atoms with Crippen LogP contribution in [0.3, 0.4) is 0 Å². The van der Waals surface area contributed by atoms with Gasteiger partial charge >= 0.3 is 5.76 Å². The fourth-order valence-corrected chi connectivity index (χ4v) is 3.22. The highest BCUT2D eigenvalue weighted by Crippen LogP contribution is 2.28. The van der Waals surface area contributed by atoms with E-state index in [1.165, 1.54) is 24.5 Å². The molecule has 1 aromatic carbocycles. The summed E-state index contributed by atoms with van der Waals surface area (Å²) in [6, 6.07) is 5.41. The average Bonchev–Trinajstić information content (AvgIpc) is 2.79. The highest BCUT2D eigenvalue weighted by atomic mass is 32.2. The molecule has 0 aliphatic carbocycles. The molecule has 3 heterocycles. The maximum atomic E-state index is 14.7. The van der Waals surface area contributed by atoms with Crippen molar-refractivity contribution >= 4 is 28.9 Å². The molecule has 0 bridgehead atoms. The van der Waals surface area contributed by atoms with Crippen molar-refractivity contribution < 1.29 is 22.3 Å². The molecular weight excluding hydrogens is 463 g/mol. The van der Waals surface area contributed by atoms with E-state index in [9.17, 15) is 22.8 Å². The van der Waals surface area contributed by atoms with Crippen LogP contribution in [-0.2, 0) is 6.54 Å². The third kappa shape index (κ3) is 4.54. The topological polar surface area (TPSA) is 111 Å². The Morgan fingerprint density at radius 3 is 2.70 bits per heavy atom. The summed E-state index contributed by atoms with van der Waals surface area (Å²) < 4.78 is 59.2. The Balaban J connectivity index is 1.73. The number of hydrogen-bond donors (Lipinski definition) is 2. The van der Waals surface area contributed by atoms with Crippen LogP contribution >= 0.6 is 12.1 Å².